The first kappa shape index (κ1) is 13.9. The zero-order valence-electron chi connectivity index (χ0n) is 10.00. The van der Waals surface area contributed by atoms with Gasteiger partial charge in [-0.2, -0.15) is 0 Å². The fraction of sp³-hybridized carbons (Fsp3) is 0.800. The molecule has 0 bridgehead atoms. The predicted octanol–water partition coefficient (Wildman–Crippen LogP) is 0.306. The van der Waals surface area contributed by atoms with Crippen LogP contribution in [-0.4, -0.2) is 47.6 Å². The standard InChI is InChI=1S/C10H20N2O3/c1-6-7(8(13)14)12(5)9(15)10(2,3)11-4/h7,11H,6H2,1-5H3,(H,13,14). The van der Waals surface area contributed by atoms with E-state index in [0.717, 1.165) is 0 Å². The van der Waals surface area contributed by atoms with Gasteiger partial charge in [-0.3, -0.25) is 4.79 Å². The highest BCUT2D eigenvalue weighted by Gasteiger charge is 2.33. The first-order chi connectivity index (χ1) is 6.77. The number of nitrogens with zero attached hydrogens (tertiary/aromatic N) is 1. The Hall–Kier alpha value is -1.10. The van der Waals surface area contributed by atoms with E-state index in [9.17, 15) is 9.59 Å². The number of carbonyl (C=O) groups excluding carboxylic acids is 1. The molecule has 0 fully saturated rings. The highest BCUT2D eigenvalue weighted by atomic mass is 16.4. The lowest BCUT2D eigenvalue weighted by Gasteiger charge is -2.32. The van der Waals surface area contributed by atoms with E-state index in [-0.39, 0.29) is 5.91 Å². The van der Waals surface area contributed by atoms with E-state index in [1.807, 2.05) is 0 Å². The van der Waals surface area contributed by atoms with Gasteiger partial charge in [-0.1, -0.05) is 6.92 Å². The average molecular weight is 216 g/mol. The van der Waals surface area contributed by atoms with Crippen molar-refractivity contribution in [1.82, 2.24) is 10.2 Å². The molecule has 88 valence electrons. The monoisotopic (exact) mass is 216 g/mol. The van der Waals surface area contributed by atoms with E-state index in [1.54, 1.807) is 27.8 Å². The summed E-state index contributed by atoms with van der Waals surface area (Å²) in [7, 11) is 3.19. The molecular weight excluding hydrogens is 196 g/mol. The number of amides is 1. The molecule has 0 aliphatic rings. The summed E-state index contributed by atoms with van der Waals surface area (Å²) in [4.78, 5) is 24.1. The summed E-state index contributed by atoms with van der Waals surface area (Å²) in [6.07, 6.45) is 0.400. The van der Waals surface area contributed by atoms with Crippen LogP contribution >= 0.6 is 0 Å². The zero-order chi connectivity index (χ0) is 12.2. The Kier molecular flexibility index (Phi) is 4.74. The summed E-state index contributed by atoms with van der Waals surface area (Å²) >= 11 is 0. The van der Waals surface area contributed by atoms with Gasteiger partial charge in [-0.05, 0) is 27.3 Å². The molecule has 0 aliphatic heterocycles. The number of hydrogen-bond donors (Lipinski definition) is 2. The number of carboxylic acids is 1. The van der Waals surface area contributed by atoms with E-state index in [4.69, 9.17) is 5.11 Å². The first-order valence-corrected chi connectivity index (χ1v) is 4.96. The van der Waals surface area contributed by atoms with Gasteiger partial charge < -0.3 is 15.3 Å². The van der Waals surface area contributed by atoms with Crippen molar-refractivity contribution in [2.45, 2.75) is 38.8 Å². The predicted molar refractivity (Wildman–Crippen MR) is 57.6 cm³/mol. The lowest BCUT2D eigenvalue weighted by Crippen LogP contribution is -2.55. The second-order valence-corrected chi connectivity index (χ2v) is 4.05. The summed E-state index contributed by atoms with van der Waals surface area (Å²) in [6.45, 7) is 5.19. The summed E-state index contributed by atoms with van der Waals surface area (Å²) in [5.74, 6) is -1.19. The molecule has 0 heterocycles. The van der Waals surface area contributed by atoms with E-state index >= 15 is 0 Å². The minimum Gasteiger partial charge on any atom is -0.480 e. The molecule has 0 saturated carbocycles. The number of carboxylic acid groups (broad SMARTS) is 1. The van der Waals surface area contributed by atoms with Gasteiger partial charge in [0, 0.05) is 7.05 Å². The number of hydrogen-bond acceptors (Lipinski definition) is 3. The quantitative estimate of drug-likeness (QED) is 0.693. The molecular formula is C10H20N2O3. The van der Waals surface area contributed by atoms with Crippen LogP contribution in [0, 0.1) is 0 Å². The van der Waals surface area contributed by atoms with Crippen molar-refractivity contribution in [3.8, 4) is 0 Å². The smallest absolute Gasteiger partial charge is 0.326 e. The molecule has 0 spiro atoms. The molecule has 5 nitrogen and oxygen atoms in total. The van der Waals surface area contributed by atoms with Crippen molar-refractivity contribution in [1.29, 1.82) is 0 Å². The highest BCUT2D eigenvalue weighted by molar-refractivity contribution is 5.89. The Morgan fingerprint density at radius 3 is 2.20 bits per heavy atom. The Balaban J connectivity index is 4.77. The molecule has 1 unspecified atom stereocenters. The zero-order valence-corrected chi connectivity index (χ0v) is 10.00. The fourth-order valence-electron chi connectivity index (χ4n) is 1.30. The van der Waals surface area contributed by atoms with Crippen molar-refractivity contribution < 1.29 is 14.7 Å². The Morgan fingerprint density at radius 2 is 1.93 bits per heavy atom. The maximum absolute atomic E-state index is 11.9. The molecule has 0 saturated heterocycles. The third-order valence-electron chi connectivity index (χ3n) is 2.62. The van der Waals surface area contributed by atoms with Crippen LogP contribution in [-0.2, 0) is 9.59 Å². The van der Waals surface area contributed by atoms with E-state index in [0.29, 0.717) is 6.42 Å². The van der Waals surface area contributed by atoms with Gasteiger partial charge in [-0.15, -0.1) is 0 Å². The van der Waals surface area contributed by atoms with E-state index < -0.39 is 17.6 Å². The normalized spacial score (nSPS) is 13.4. The number of carbonyl (C=O) groups is 2. The Morgan fingerprint density at radius 1 is 1.47 bits per heavy atom. The van der Waals surface area contributed by atoms with Gasteiger partial charge in [0.05, 0.1) is 5.54 Å². The summed E-state index contributed by atoms with van der Waals surface area (Å²) in [5.41, 5.74) is -0.738. The number of aliphatic carboxylic acids is 1. The van der Waals surface area contributed by atoms with Gasteiger partial charge >= 0.3 is 5.97 Å². The number of nitrogens with one attached hydrogen (secondary N) is 1. The summed E-state index contributed by atoms with van der Waals surface area (Å²) in [5, 5.41) is 11.8. The molecule has 0 aromatic rings. The van der Waals surface area contributed by atoms with E-state index in [2.05, 4.69) is 5.32 Å². The largest absolute Gasteiger partial charge is 0.480 e. The van der Waals surface area contributed by atoms with Crippen molar-refractivity contribution in [2.75, 3.05) is 14.1 Å². The minimum absolute atomic E-state index is 0.223. The minimum atomic E-state index is -0.972. The summed E-state index contributed by atoms with van der Waals surface area (Å²) in [6, 6.07) is -0.759. The average Bonchev–Trinajstić information content (AvgIpc) is 2.16. The molecule has 1 atom stereocenters. The fourth-order valence-corrected chi connectivity index (χ4v) is 1.30. The Labute approximate surface area is 90.5 Å². The van der Waals surface area contributed by atoms with Crippen LogP contribution in [0.15, 0.2) is 0 Å². The van der Waals surface area contributed by atoms with Gasteiger partial charge in [0.2, 0.25) is 5.91 Å². The van der Waals surface area contributed by atoms with Crippen molar-refractivity contribution in [2.24, 2.45) is 0 Å². The van der Waals surface area contributed by atoms with Crippen molar-refractivity contribution in [3.63, 3.8) is 0 Å². The first-order valence-electron chi connectivity index (χ1n) is 4.96. The molecule has 0 radical (unpaired) electrons. The van der Waals surface area contributed by atoms with Crippen LogP contribution in [0.5, 0.6) is 0 Å². The molecule has 0 aromatic carbocycles. The molecule has 0 aromatic heterocycles. The maximum Gasteiger partial charge on any atom is 0.326 e. The Bertz CT molecular complexity index is 251. The second-order valence-electron chi connectivity index (χ2n) is 4.05. The molecule has 2 N–H and O–H groups in total. The van der Waals surface area contributed by atoms with Crippen LogP contribution in [0.25, 0.3) is 0 Å². The molecule has 1 amide bonds. The third-order valence-corrected chi connectivity index (χ3v) is 2.62. The number of rotatable bonds is 5. The van der Waals surface area contributed by atoms with Crippen molar-refractivity contribution in [3.05, 3.63) is 0 Å². The van der Waals surface area contributed by atoms with Gasteiger partial charge in [0.25, 0.3) is 0 Å². The van der Waals surface area contributed by atoms with Crippen LogP contribution in [0.1, 0.15) is 27.2 Å². The highest BCUT2D eigenvalue weighted by Crippen LogP contribution is 2.11. The maximum atomic E-state index is 11.9. The lowest BCUT2D eigenvalue weighted by atomic mass is 10.0. The SMILES string of the molecule is CCC(C(=O)O)N(C)C(=O)C(C)(C)NC. The molecule has 0 rings (SSSR count). The van der Waals surface area contributed by atoms with Gasteiger partial charge in [0.15, 0.2) is 0 Å². The number of likely N-dealkylation sites (N-methyl/N-ethyl adjacent to an activating group) is 2. The summed E-state index contributed by atoms with van der Waals surface area (Å²) < 4.78 is 0. The molecule has 5 heteroatoms. The van der Waals surface area contributed by atoms with Crippen molar-refractivity contribution >= 4 is 11.9 Å². The van der Waals surface area contributed by atoms with Crippen LogP contribution in [0.4, 0.5) is 0 Å². The third kappa shape index (κ3) is 3.20. The van der Waals surface area contributed by atoms with Gasteiger partial charge in [-0.25, -0.2) is 4.79 Å². The second kappa shape index (κ2) is 5.11. The lowest BCUT2D eigenvalue weighted by molar-refractivity contribution is -0.151. The van der Waals surface area contributed by atoms with Gasteiger partial charge in [0.1, 0.15) is 6.04 Å². The topological polar surface area (TPSA) is 69.6 Å². The molecule has 0 aliphatic carbocycles. The van der Waals surface area contributed by atoms with Crippen LogP contribution in [0.2, 0.25) is 0 Å². The van der Waals surface area contributed by atoms with Crippen LogP contribution < -0.4 is 5.32 Å². The van der Waals surface area contributed by atoms with E-state index in [1.165, 1.54) is 11.9 Å². The van der Waals surface area contributed by atoms with Crippen LogP contribution in [0.3, 0.4) is 0 Å². The molecule has 15 heavy (non-hydrogen) atoms.